The van der Waals surface area contributed by atoms with Crippen molar-refractivity contribution < 1.29 is 13.2 Å². The van der Waals surface area contributed by atoms with Gasteiger partial charge in [-0.25, -0.2) is 15.0 Å². The first kappa shape index (κ1) is 19.4. The zero-order valence-electron chi connectivity index (χ0n) is 14.2. The number of anilines is 1. The second kappa shape index (κ2) is 7.73. The van der Waals surface area contributed by atoms with Gasteiger partial charge in [-0.3, -0.25) is 4.31 Å². The number of imidazole rings is 1. The van der Waals surface area contributed by atoms with E-state index in [2.05, 4.69) is 40.5 Å². The Morgan fingerprint density at radius 3 is 2.46 bits per heavy atom. The minimum Gasteiger partial charge on any atom is -0.351 e. The predicted molar refractivity (Wildman–Crippen MR) is 98.7 cm³/mol. The number of aromatic nitrogens is 4. The number of aryl methyl sites for hydroxylation is 1. The molecule has 0 amide bonds. The Kier molecular flexibility index (Phi) is 5.78. The summed E-state index contributed by atoms with van der Waals surface area (Å²) in [5.41, 5.74) is -0.994. The second-order valence-corrected chi connectivity index (χ2v) is 7.61. The summed E-state index contributed by atoms with van der Waals surface area (Å²) in [5.74, 6) is 0.188. The number of hydrogen-bond donors (Lipinski definition) is 1. The van der Waals surface area contributed by atoms with Gasteiger partial charge in [-0.15, -0.1) is 0 Å². The number of hydrogen-bond acceptors (Lipinski definition) is 6. The molecule has 0 aromatic carbocycles. The normalized spacial score (nSPS) is 16.8. The Balaban J connectivity index is 1.89. The molecule has 6 nitrogen and oxygen atoms in total. The summed E-state index contributed by atoms with van der Waals surface area (Å²) < 4.78 is 44.4. The molecule has 0 spiro atoms. The van der Waals surface area contributed by atoms with Crippen LogP contribution in [0.15, 0.2) is 17.1 Å². The summed E-state index contributed by atoms with van der Waals surface area (Å²) in [6.45, 7) is 1.83. The Hall–Kier alpha value is -1.33. The van der Waals surface area contributed by atoms with Gasteiger partial charge < -0.3 is 9.88 Å². The van der Waals surface area contributed by atoms with Gasteiger partial charge in [0, 0.05) is 32.4 Å². The van der Waals surface area contributed by atoms with Crippen LogP contribution in [0, 0.1) is 0 Å². The van der Waals surface area contributed by atoms with Crippen LogP contribution in [-0.2, 0) is 13.2 Å². The molecule has 1 saturated heterocycles. The lowest BCUT2D eigenvalue weighted by molar-refractivity contribution is -0.137. The van der Waals surface area contributed by atoms with Crippen molar-refractivity contribution in [2.75, 3.05) is 24.7 Å². The van der Waals surface area contributed by atoms with Crippen molar-refractivity contribution in [1.82, 2.24) is 23.8 Å². The number of nitrogens with one attached hydrogen (secondary N) is 1. The topological polar surface area (TPSA) is 58.9 Å². The van der Waals surface area contributed by atoms with Gasteiger partial charge in [-0.05, 0) is 35.0 Å². The molecule has 0 aliphatic carbocycles. The van der Waals surface area contributed by atoms with E-state index in [9.17, 15) is 13.2 Å². The van der Waals surface area contributed by atoms with Crippen molar-refractivity contribution in [3.63, 3.8) is 0 Å². The van der Waals surface area contributed by atoms with Crippen LogP contribution in [0.1, 0.15) is 18.4 Å². The maximum atomic E-state index is 13.4. The lowest BCUT2D eigenvalue weighted by Crippen LogP contribution is -2.35. The monoisotopic (exact) mass is 450 g/mol. The zero-order valence-corrected chi connectivity index (χ0v) is 16.6. The fourth-order valence-electron chi connectivity index (χ4n) is 2.78. The molecule has 0 radical (unpaired) electrons. The summed E-state index contributed by atoms with van der Waals surface area (Å²) in [5, 5.41) is 3.17. The Labute approximate surface area is 161 Å². The van der Waals surface area contributed by atoms with E-state index in [1.165, 1.54) is 6.33 Å². The molecule has 0 atom stereocenters. The summed E-state index contributed by atoms with van der Waals surface area (Å²) >= 11 is 4.97. The van der Waals surface area contributed by atoms with E-state index in [0.29, 0.717) is 4.60 Å². The lowest BCUT2D eigenvalue weighted by Gasteiger charge is -2.30. The molecule has 0 bridgehead atoms. The molecule has 1 aliphatic heterocycles. The van der Waals surface area contributed by atoms with Gasteiger partial charge in [0.1, 0.15) is 21.6 Å². The van der Waals surface area contributed by atoms with Gasteiger partial charge in [-0.2, -0.15) is 13.2 Å². The molecule has 1 aliphatic rings. The van der Waals surface area contributed by atoms with E-state index in [1.807, 2.05) is 6.26 Å². The molecular weight excluding hydrogens is 433 g/mol. The standard InChI is InChI=1S/C15H18BrF3N6S/c1-24-8-21-12(13(24)16)11-10(15(17,18)19)7-20-14(23-11)22-9-3-5-25(26-2)6-4-9/h7-9H,3-6H2,1-2H3,(H,20,22,23). The van der Waals surface area contributed by atoms with E-state index in [1.54, 1.807) is 23.6 Å². The summed E-state index contributed by atoms with van der Waals surface area (Å²) in [7, 11) is 1.69. The zero-order chi connectivity index (χ0) is 18.9. The minimum atomic E-state index is -4.56. The highest BCUT2D eigenvalue weighted by Crippen LogP contribution is 2.37. The smallest absolute Gasteiger partial charge is 0.351 e. The van der Waals surface area contributed by atoms with Gasteiger partial charge in [0.15, 0.2) is 0 Å². The van der Waals surface area contributed by atoms with Crippen LogP contribution in [-0.4, -0.2) is 49.2 Å². The van der Waals surface area contributed by atoms with Crippen LogP contribution >= 0.6 is 27.9 Å². The molecule has 3 rings (SSSR count). The van der Waals surface area contributed by atoms with Crippen LogP contribution in [0.2, 0.25) is 0 Å². The van der Waals surface area contributed by atoms with E-state index in [0.717, 1.165) is 32.1 Å². The predicted octanol–water partition coefficient (Wildman–Crippen LogP) is 3.81. The molecule has 1 N–H and O–H groups in total. The quantitative estimate of drug-likeness (QED) is 0.714. The average Bonchev–Trinajstić information content (AvgIpc) is 2.94. The van der Waals surface area contributed by atoms with Crippen molar-refractivity contribution in [1.29, 1.82) is 0 Å². The number of piperidine rings is 1. The van der Waals surface area contributed by atoms with Crippen molar-refractivity contribution in [3.8, 4) is 11.4 Å². The first-order valence-corrected chi connectivity index (χ1v) is 9.94. The maximum Gasteiger partial charge on any atom is 0.420 e. The fourth-order valence-corrected chi connectivity index (χ4v) is 3.74. The Morgan fingerprint density at radius 1 is 1.23 bits per heavy atom. The van der Waals surface area contributed by atoms with Crippen LogP contribution in [0.3, 0.4) is 0 Å². The Bertz CT molecular complexity index is 773. The highest BCUT2D eigenvalue weighted by molar-refractivity contribution is 9.10. The van der Waals surface area contributed by atoms with Crippen molar-refractivity contribution in [2.24, 2.45) is 7.05 Å². The molecule has 0 unspecified atom stereocenters. The van der Waals surface area contributed by atoms with Gasteiger partial charge in [0.2, 0.25) is 5.95 Å². The molecule has 11 heteroatoms. The van der Waals surface area contributed by atoms with Crippen LogP contribution < -0.4 is 5.32 Å². The minimum absolute atomic E-state index is 0.134. The van der Waals surface area contributed by atoms with Crippen LogP contribution in [0.5, 0.6) is 0 Å². The van der Waals surface area contributed by atoms with Crippen molar-refractivity contribution >= 4 is 33.8 Å². The highest BCUT2D eigenvalue weighted by atomic mass is 79.9. The van der Waals surface area contributed by atoms with Crippen molar-refractivity contribution in [3.05, 3.63) is 22.7 Å². The number of rotatable bonds is 4. The average molecular weight is 451 g/mol. The third kappa shape index (κ3) is 4.15. The molecule has 3 heterocycles. The molecule has 2 aromatic heterocycles. The van der Waals surface area contributed by atoms with Gasteiger partial charge in [0.05, 0.1) is 6.33 Å². The van der Waals surface area contributed by atoms with Gasteiger partial charge >= 0.3 is 6.18 Å². The third-order valence-corrected chi connectivity index (χ3v) is 6.05. The van der Waals surface area contributed by atoms with Crippen LogP contribution in [0.25, 0.3) is 11.4 Å². The second-order valence-electron chi connectivity index (χ2n) is 5.98. The summed E-state index contributed by atoms with van der Waals surface area (Å²) in [6, 6.07) is 0.134. The number of nitrogens with zero attached hydrogens (tertiary/aromatic N) is 5. The molecule has 1 fully saturated rings. The van der Waals surface area contributed by atoms with Crippen molar-refractivity contribution in [2.45, 2.75) is 25.1 Å². The fraction of sp³-hybridized carbons (Fsp3) is 0.533. The number of alkyl halides is 3. The van der Waals surface area contributed by atoms with Gasteiger partial charge in [0.25, 0.3) is 0 Å². The molecular formula is C15H18BrF3N6S. The van der Waals surface area contributed by atoms with E-state index >= 15 is 0 Å². The first-order valence-electron chi connectivity index (χ1n) is 7.96. The molecule has 26 heavy (non-hydrogen) atoms. The lowest BCUT2D eigenvalue weighted by atomic mass is 10.1. The Morgan fingerprint density at radius 2 is 1.92 bits per heavy atom. The third-order valence-electron chi connectivity index (χ3n) is 4.23. The molecule has 2 aromatic rings. The molecule has 142 valence electrons. The summed E-state index contributed by atoms with van der Waals surface area (Å²) in [4.78, 5) is 12.1. The SMILES string of the molecule is CSN1CCC(Nc2ncc(C(F)(F)F)c(-c3ncn(C)c3Br)n2)CC1. The molecule has 0 saturated carbocycles. The maximum absolute atomic E-state index is 13.4. The van der Waals surface area contributed by atoms with Gasteiger partial charge in [-0.1, -0.05) is 11.9 Å². The summed E-state index contributed by atoms with van der Waals surface area (Å²) in [6.07, 6.45) is 1.50. The first-order chi connectivity index (χ1) is 12.3. The largest absolute Gasteiger partial charge is 0.420 e. The highest BCUT2D eigenvalue weighted by Gasteiger charge is 2.37. The van der Waals surface area contributed by atoms with E-state index in [4.69, 9.17) is 0 Å². The van der Waals surface area contributed by atoms with Crippen LogP contribution in [0.4, 0.5) is 19.1 Å². The van der Waals surface area contributed by atoms with E-state index in [-0.39, 0.29) is 23.4 Å². The number of halogens is 4. The van der Waals surface area contributed by atoms with E-state index < -0.39 is 11.7 Å².